The van der Waals surface area contributed by atoms with E-state index in [2.05, 4.69) is 83.9 Å². The van der Waals surface area contributed by atoms with Crippen molar-refractivity contribution >= 4 is 5.69 Å². The van der Waals surface area contributed by atoms with Crippen LogP contribution >= 0.6 is 0 Å². The molecule has 6 atom stereocenters. The van der Waals surface area contributed by atoms with Crippen molar-refractivity contribution in [2.75, 3.05) is 5.06 Å². The number of para-hydroxylation sites is 1. The van der Waals surface area contributed by atoms with E-state index < -0.39 is 0 Å². The Morgan fingerprint density at radius 3 is 2.00 bits per heavy atom. The van der Waals surface area contributed by atoms with Crippen LogP contribution in [0.4, 0.5) is 5.69 Å². The lowest BCUT2D eigenvalue weighted by Gasteiger charge is -2.27. The highest BCUT2D eigenvalue weighted by Crippen LogP contribution is 2.54. The quantitative estimate of drug-likeness (QED) is 0.591. The molecule has 3 heterocycles. The Balaban J connectivity index is 1.39. The second-order valence-corrected chi connectivity index (χ2v) is 7.98. The molecule has 146 valence electrons. The summed E-state index contributed by atoms with van der Waals surface area (Å²) in [5, 5.41) is 2.09. The Labute approximate surface area is 170 Å². The fourth-order valence-corrected chi connectivity index (χ4v) is 4.84. The molecule has 0 bridgehead atoms. The molecule has 3 aromatic rings. The predicted octanol–water partition coefficient (Wildman–Crippen LogP) is 5.05. The topological polar surface area (TPSA) is 34.2 Å². The molecular formula is C25H23NO3. The number of hydroxylamine groups is 1. The molecule has 2 unspecified atom stereocenters. The molecule has 3 aliphatic heterocycles. The molecule has 0 spiro atoms. The van der Waals surface area contributed by atoms with Crippen LogP contribution < -0.4 is 5.06 Å². The largest absolute Gasteiger partial charge is 0.342 e. The van der Waals surface area contributed by atoms with Gasteiger partial charge in [-0.05, 0) is 23.3 Å². The van der Waals surface area contributed by atoms with Crippen molar-refractivity contribution in [2.45, 2.75) is 37.1 Å². The lowest BCUT2D eigenvalue weighted by atomic mass is 9.84. The Kier molecular flexibility index (Phi) is 4.15. The summed E-state index contributed by atoms with van der Waals surface area (Å²) in [7, 11) is 0. The fourth-order valence-electron chi connectivity index (χ4n) is 4.84. The number of fused-ring (bicyclic) bond motifs is 3. The summed E-state index contributed by atoms with van der Waals surface area (Å²) >= 11 is 0. The van der Waals surface area contributed by atoms with Crippen LogP contribution in [0, 0.1) is 5.92 Å². The molecule has 0 amide bonds. The van der Waals surface area contributed by atoms with Crippen molar-refractivity contribution in [1.29, 1.82) is 0 Å². The third-order valence-electron chi connectivity index (χ3n) is 6.23. The number of rotatable bonds is 3. The highest BCUT2D eigenvalue weighted by Gasteiger charge is 2.61. The smallest absolute Gasteiger partial charge is 0.185 e. The summed E-state index contributed by atoms with van der Waals surface area (Å²) < 4.78 is 12.3. The number of hydrogen-bond donors (Lipinski definition) is 0. The van der Waals surface area contributed by atoms with E-state index in [9.17, 15) is 0 Å². The van der Waals surface area contributed by atoms with Gasteiger partial charge in [-0.2, -0.15) is 0 Å². The van der Waals surface area contributed by atoms with Gasteiger partial charge in [-0.25, -0.2) is 5.06 Å². The van der Waals surface area contributed by atoms with Crippen molar-refractivity contribution in [3.63, 3.8) is 0 Å². The van der Waals surface area contributed by atoms with E-state index >= 15 is 0 Å². The lowest BCUT2D eigenvalue weighted by molar-refractivity contribution is -0.0450. The van der Waals surface area contributed by atoms with E-state index in [0.717, 1.165) is 12.1 Å². The SMILES string of the molecule is c1ccc([C@@H]2[C@@H]3C4OC4O[C@@H](c4ccccc4)C[C@@H]3ON2c2ccccc2)cc1. The van der Waals surface area contributed by atoms with Gasteiger partial charge in [-0.1, -0.05) is 78.9 Å². The number of hydrogen-bond acceptors (Lipinski definition) is 4. The number of nitrogens with zero attached hydrogens (tertiary/aromatic N) is 1. The van der Waals surface area contributed by atoms with E-state index in [1.165, 1.54) is 11.1 Å². The summed E-state index contributed by atoms with van der Waals surface area (Å²) in [5.41, 5.74) is 3.50. The summed E-state index contributed by atoms with van der Waals surface area (Å²) in [6, 6.07) is 31.5. The van der Waals surface area contributed by atoms with Gasteiger partial charge < -0.3 is 9.47 Å². The Morgan fingerprint density at radius 2 is 1.31 bits per heavy atom. The average molecular weight is 385 g/mol. The molecule has 3 aliphatic rings. The Bertz CT molecular complexity index is 965. The third kappa shape index (κ3) is 3.04. The minimum absolute atomic E-state index is 0.0200. The zero-order valence-electron chi connectivity index (χ0n) is 16.0. The van der Waals surface area contributed by atoms with Gasteiger partial charge in [-0.3, -0.25) is 4.84 Å². The monoisotopic (exact) mass is 385 g/mol. The van der Waals surface area contributed by atoms with E-state index in [-0.39, 0.29) is 36.6 Å². The highest BCUT2D eigenvalue weighted by atomic mass is 16.8. The van der Waals surface area contributed by atoms with Crippen LogP contribution in [-0.4, -0.2) is 18.5 Å². The van der Waals surface area contributed by atoms with Gasteiger partial charge in [0.05, 0.1) is 23.9 Å². The normalized spacial score (nSPS) is 32.9. The Morgan fingerprint density at radius 1 is 0.690 bits per heavy atom. The summed E-state index contributed by atoms with van der Waals surface area (Å²) in [6.07, 6.45) is 0.738. The molecule has 0 radical (unpaired) electrons. The molecule has 0 aliphatic carbocycles. The maximum Gasteiger partial charge on any atom is 0.185 e. The van der Waals surface area contributed by atoms with Crippen LogP contribution in [0.3, 0.4) is 0 Å². The first-order chi connectivity index (χ1) is 14.4. The van der Waals surface area contributed by atoms with Gasteiger partial charge in [0.1, 0.15) is 6.10 Å². The second kappa shape index (κ2) is 6.99. The van der Waals surface area contributed by atoms with Crippen LogP contribution in [0.1, 0.15) is 29.7 Å². The van der Waals surface area contributed by atoms with E-state index in [4.69, 9.17) is 14.3 Å². The van der Waals surface area contributed by atoms with Gasteiger partial charge in [-0.15, -0.1) is 0 Å². The first kappa shape index (κ1) is 17.2. The molecule has 6 rings (SSSR count). The average Bonchev–Trinajstić information content (AvgIpc) is 3.48. The molecule has 3 saturated heterocycles. The van der Waals surface area contributed by atoms with E-state index in [1.54, 1.807) is 0 Å². The summed E-state index contributed by atoms with van der Waals surface area (Å²) in [6.45, 7) is 0. The number of benzene rings is 3. The predicted molar refractivity (Wildman–Crippen MR) is 110 cm³/mol. The van der Waals surface area contributed by atoms with Crippen molar-refractivity contribution in [3.05, 3.63) is 102 Å². The van der Waals surface area contributed by atoms with Gasteiger partial charge >= 0.3 is 0 Å². The number of anilines is 1. The van der Waals surface area contributed by atoms with Crippen LogP contribution in [0.2, 0.25) is 0 Å². The molecular weight excluding hydrogens is 362 g/mol. The van der Waals surface area contributed by atoms with Crippen molar-refractivity contribution in [1.82, 2.24) is 0 Å². The first-order valence-corrected chi connectivity index (χ1v) is 10.3. The molecule has 0 saturated carbocycles. The zero-order valence-corrected chi connectivity index (χ0v) is 16.0. The lowest BCUT2D eigenvalue weighted by Crippen LogP contribution is -2.27. The number of ether oxygens (including phenoxy) is 2. The highest BCUT2D eigenvalue weighted by molar-refractivity contribution is 5.48. The first-order valence-electron chi connectivity index (χ1n) is 10.3. The fraction of sp³-hybridized carbons (Fsp3) is 0.280. The molecule has 4 nitrogen and oxygen atoms in total. The van der Waals surface area contributed by atoms with Crippen molar-refractivity contribution in [3.8, 4) is 0 Å². The van der Waals surface area contributed by atoms with Crippen molar-refractivity contribution < 1.29 is 14.3 Å². The number of epoxide rings is 1. The minimum atomic E-state index is -0.152. The van der Waals surface area contributed by atoms with Gasteiger partial charge in [0.2, 0.25) is 0 Å². The maximum absolute atomic E-state index is 6.62. The van der Waals surface area contributed by atoms with Crippen LogP contribution in [0.5, 0.6) is 0 Å². The maximum atomic E-state index is 6.62. The molecule has 0 N–H and O–H groups in total. The van der Waals surface area contributed by atoms with Gasteiger partial charge in [0.15, 0.2) is 6.29 Å². The van der Waals surface area contributed by atoms with Crippen LogP contribution in [-0.2, 0) is 14.3 Å². The molecule has 4 heteroatoms. The van der Waals surface area contributed by atoms with E-state index in [0.29, 0.717) is 0 Å². The molecule has 29 heavy (non-hydrogen) atoms. The molecule has 0 aromatic heterocycles. The minimum Gasteiger partial charge on any atom is -0.342 e. The Hall–Kier alpha value is -2.66. The van der Waals surface area contributed by atoms with Crippen LogP contribution in [0.25, 0.3) is 0 Å². The zero-order chi connectivity index (χ0) is 19.2. The molecule has 3 fully saturated rings. The summed E-state index contributed by atoms with van der Waals surface area (Å²) in [5.74, 6) is 0.219. The van der Waals surface area contributed by atoms with E-state index in [1.807, 2.05) is 12.1 Å². The third-order valence-corrected chi connectivity index (χ3v) is 6.23. The van der Waals surface area contributed by atoms with Gasteiger partial charge in [0.25, 0.3) is 0 Å². The summed E-state index contributed by atoms with van der Waals surface area (Å²) in [4.78, 5) is 6.62. The van der Waals surface area contributed by atoms with Crippen LogP contribution in [0.15, 0.2) is 91.0 Å². The second-order valence-electron chi connectivity index (χ2n) is 7.98. The van der Waals surface area contributed by atoms with Crippen molar-refractivity contribution in [2.24, 2.45) is 5.92 Å². The van der Waals surface area contributed by atoms with Gasteiger partial charge in [0, 0.05) is 12.3 Å². The molecule has 3 aromatic carbocycles. The standard InChI is InChI=1S/C25H23NO3/c1-4-10-17(11-5-1)20-16-21-22(24-25(27-20)28-24)23(18-12-6-2-7-13-18)26(29-21)19-14-8-3-9-15-19/h1-15,20-25H,16H2/t20-,21+,22-,23-,24?,25?/m1/s1.